The number of aliphatic hydroxyl groups excluding tert-OH is 1. The Kier molecular flexibility index (Phi) is 5.40. The van der Waals surface area contributed by atoms with Gasteiger partial charge in [0.05, 0.1) is 6.10 Å². The molecule has 1 heterocycles. The van der Waals surface area contributed by atoms with Gasteiger partial charge in [0.25, 0.3) is 0 Å². The molecule has 1 aliphatic heterocycles. The molecular formula is C17H26N2O2S. The van der Waals surface area contributed by atoms with Crippen molar-refractivity contribution in [2.24, 2.45) is 5.92 Å². The van der Waals surface area contributed by atoms with Crippen LogP contribution < -0.4 is 5.32 Å². The fraction of sp³-hybridized carbons (Fsp3) is 0.588. The van der Waals surface area contributed by atoms with Gasteiger partial charge in [-0.25, -0.2) is 4.79 Å². The van der Waals surface area contributed by atoms with E-state index >= 15 is 0 Å². The average Bonchev–Trinajstić information content (AvgIpc) is 2.42. The maximum atomic E-state index is 12.3. The van der Waals surface area contributed by atoms with E-state index in [1.165, 1.54) is 4.90 Å². The van der Waals surface area contributed by atoms with Crippen LogP contribution >= 0.6 is 11.8 Å². The zero-order valence-electron chi connectivity index (χ0n) is 13.8. The molecule has 1 aromatic carbocycles. The first-order chi connectivity index (χ1) is 10.2. The highest BCUT2D eigenvalue weighted by Crippen LogP contribution is 2.32. The van der Waals surface area contributed by atoms with Crippen molar-refractivity contribution >= 4 is 23.5 Å². The normalized spacial score (nSPS) is 22.5. The van der Waals surface area contributed by atoms with Gasteiger partial charge < -0.3 is 15.3 Å². The Hall–Kier alpha value is -1.20. The molecular weight excluding hydrogens is 296 g/mol. The van der Waals surface area contributed by atoms with Crippen LogP contribution in [0, 0.1) is 5.92 Å². The molecule has 2 rings (SSSR count). The summed E-state index contributed by atoms with van der Waals surface area (Å²) in [6.07, 6.45) is 0.355. The number of benzene rings is 1. The first-order valence-electron chi connectivity index (χ1n) is 7.78. The van der Waals surface area contributed by atoms with Crippen molar-refractivity contribution in [3.05, 3.63) is 24.3 Å². The number of thioether (sulfide) groups is 1. The van der Waals surface area contributed by atoms with Crippen LogP contribution in [-0.2, 0) is 0 Å². The molecule has 1 saturated heterocycles. The highest BCUT2D eigenvalue weighted by Gasteiger charge is 2.27. The van der Waals surface area contributed by atoms with Crippen molar-refractivity contribution in [3.8, 4) is 0 Å². The molecule has 0 spiro atoms. The number of urea groups is 1. The van der Waals surface area contributed by atoms with Crippen LogP contribution in [0.3, 0.4) is 0 Å². The maximum Gasteiger partial charge on any atom is 0.321 e. The molecule has 2 atom stereocenters. The third kappa shape index (κ3) is 4.92. The van der Waals surface area contributed by atoms with Gasteiger partial charge in [0, 0.05) is 28.4 Å². The van der Waals surface area contributed by atoms with Crippen molar-refractivity contribution in [1.29, 1.82) is 0 Å². The number of nitrogens with zero attached hydrogens (tertiary/aromatic N) is 1. The van der Waals surface area contributed by atoms with Crippen LogP contribution in [0.15, 0.2) is 29.2 Å². The second kappa shape index (κ2) is 6.92. The minimum Gasteiger partial charge on any atom is -0.393 e. The van der Waals surface area contributed by atoms with Gasteiger partial charge in [-0.15, -0.1) is 11.8 Å². The van der Waals surface area contributed by atoms with Gasteiger partial charge in [-0.2, -0.15) is 0 Å². The quantitative estimate of drug-likeness (QED) is 0.814. The molecule has 0 aromatic heterocycles. The Bertz CT molecular complexity index is 510. The van der Waals surface area contributed by atoms with Crippen molar-refractivity contribution in [2.45, 2.75) is 49.9 Å². The van der Waals surface area contributed by atoms with Gasteiger partial charge in [0.15, 0.2) is 0 Å². The number of hydrogen-bond donors (Lipinski definition) is 2. The highest BCUT2D eigenvalue weighted by molar-refractivity contribution is 8.00. The summed E-state index contributed by atoms with van der Waals surface area (Å²) in [5, 5.41) is 12.7. The highest BCUT2D eigenvalue weighted by atomic mass is 32.2. The van der Waals surface area contributed by atoms with Gasteiger partial charge in [0.1, 0.15) is 0 Å². The van der Waals surface area contributed by atoms with E-state index in [0.29, 0.717) is 19.5 Å². The van der Waals surface area contributed by atoms with E-state index in [1.807, 2.05) is 31.2 Å². The van der Waals surface area contributed by atoms with E-state index in [2.05, 4.69) is 26.1 Å². The number of hydrogen-bond acceptors (Lipinski definition) is 3. The third-order valence-electron chi connectivity index (χ3n) is 3.68. The number of amides is 2. The van der Waals surface area contributed by atoms with E-state index in [9.17, 15) is 9.90 Å². The van der Waals surface area contributed by atoms with E-state index in [0.717, 1.165) is 5.69 Å². The van der Waals surface area contributed by atoms with Gasteiger partial charge >= 0.3 is 6.03 Å². The predicted octanol–water partition coefficient (Wildman–Crippen LogP) is 3.81. The summed E-state index contributed by atoms with van der Waals surface area (Å²) >= 11 is 1.81. The van der Waals surface area contributed by atoms with Crippen molar-refractivity contribution in [2.75, 3.05) is 18.4 Å². The summed E-state index contributed by atoms with van der Waals surface area (Å²) in [6.45, 7) is 9.72. The first kappa shape index (κ1) is 17.2. The van der Waals surface area contributed by atoms with Crippen LogP contribution in [0.4, 0.5) is 10.5 Å². The van der Waals surface area contributed by atoms with Gasteiger partial charge in [-0.1, -0.05) is 27.7 Å². The molecule has 0 unspecified atom stereocenters. The van der Waals surface area contributed by atoms with Crippen LogP contribution in [0.25, 0.3) is 0 Å². The zero-order chi connectivity index (χ0) is 16.3. The molecule has 5 heteroatoms. The molecule has 4 nitrogen and oxygen atoms in total. The lowest BCUT2D eigenvalue weighted by atomic mass is 9.97. The Labute approximate surface area is 137 Å². The molecule has 122 valence electrons. The molecule has 0 aliphatic carbocycles. The Balaban J connectivity index is 1.92. The summed E-state index contributed by atoms with van der Waals surface area (Å²) in [5.74, 6) is 0.130. The second-order valence-corrected chi connectivity index (χ2v) is 8.85. The molecule has 2 amide bonds. The van der Waals surface area contributed by atoms with Gasteiger partial charge in [0.2, 0.25) is 0 Å². The topological polar surface area (TPSA) is 52.6 Å². The largest absolute Gasteiger partial charge is 0.393 e. The Morgan fingerprint density at radius 3 is 2.50 bits per heavy atom. The molecule has 0 bridgehead atoms. The summed E-state index contributed by atoms with van der Waals surface area (Å²) < 4.78 is 0.176. The fourth-order valence-electron chi connectivity index (χ4n) is 2.48. The lowest BCUT2D eigenvalue weighted by molar-refractivity contribution is 0.0506. The van der Waals surface area contributed by atoms with Crippen LogP contribution in [-0.4, -0.2) is 40.0 Å². The Morgan fingerprint density at radius 2 is 1.95 bits per heavy atom. The van der Waals surface area contributed by atoms with Crippen molar-refractivity contribution in [1.82, 2.24) is 4.90 Å². The third-order valence-corrected chi connectivity index (χ3v) is 4.80. The standard InChI is InChI=1S/C17H26N2O2S/c1-12-11-19(10-9-15(12)20)16(21)18-13-5-7-14(8-6-13)22-17(2,3)4/h5-8,12,15,20H,9-11H2,1-4H3,(H,18,21)/t12-,15-/m1/s1. The minimum atomic E-state index is -0.294. The number of piperidine rings is 1. The molecule has 1 fully saturated rings. The summed E-state index contributed by atoms with van der Waals surface area (Å²) in [6, 6.07) is 7.86. The van der Waals surface area contributed by atoms with Crippen molar-refractivity contribution in [3.63, 3.8) is 0 Å². The predicted molar refractivity (Wildman–Crippen MR) is 92.4 cm³/mol. The minimum absolute atomic E-state index is 0.0880. The molecule has 0 saturated carbocycles. The summed E-state index contributed by atoms with van der Waals surface area (Å²) in [5.41, 5.74) is 0.807. The Morgan fingerprint density at radius 1 is 1.32 bits per heavy atom. The van der Waals surface area contributed by atoms with Crippen LogP contribution in [0.2, 0.25) is 0 Å². The number of carbonyl (C=O) groups excluding carboxylic acids is 1. The zero-order valence-corrected chi connectivity index (χ0v) is 14.6. The van der Waals surface area contributed by atoms with Gasteiger partial charge in [-0.05, 0) is 36.6 Å². The number of aliphatic hydroxyl groups is 1. The smallest absolute Gasteiger partial charge is 0.321 e. The molecule has 1 aromatic rings. The SMILES string of the molecule is C[C@@H]1CN(C(=O)Nc2ccc(SC(C)(C)C)cc2)CC[C@H]1O. The number of rotatable bonds is 2. The summed E-state index contributed by atoms with van der Waals surface area (Å²) in [4.78, 5) is 15.2. The first-order valence-corrected chi connectivity index (χ1v) is 8.59. The van der Waals surface area contributed by atoms with Gasteiger partial charge in [-0.3, -0.25) is 0 Å². The lowest BCUT2D eigenvalue weighted by Gasteiger charge is -2.34. The molecule has 0 radical (unpaired) electrons. The van der Waals surface area contributed by atoms with E-state index in [-0.39, 0.29) is 22.8 Å². The van der Waals surface area contributed by atoms with Crippen LogP contribution in [0.1, 0.15) is 34.1 Å². The monoisotopic (exact) mass is 322 g/mol. The number of likely N-dealkylation sites (tertiary alicyclic amines) is 1. The number of carbonyl (C=O) groups is 1. The van der Waals surface area contributed by atoms with Crippen LogP contribution in [0.5, 0.6) is 0 Å². The van der Waals surface area contributed by atoms with E-state index < -0.39 is 0 Å². The van der Waals surface area contributed by atoms with E-state index in [1.54, 1.807) is 16.7 Å². The molecule has 22 heavy (non-hydrogen) atoms. The second-order valence-electron chi connectivity index (χ2n) is 6.95. The maximum absolute atomic E-state index is 12.3. The molecule has 2 N–H and O–H groups in total. The lowest BCUT2D eigenvalue weighted by Crippen LogP contribution is -2.46. The van der Waals surface area contributed by atoms with E-state index in [4.69, 9.17) is 0 Å². The fourth-order valence-corrected chi connectivity index (χ4v) is 3.46. The number of anilines is 1. The number of nitrogens with one attached hydrogen (secondary N) is 1. The van der Waals surface area contributed by atoms with Crippen molar-refractivity contribution < 1.29 is 9.90 Å². The average molecular weight is 322 g/mol. The molecule has 1 aliphatic rings. The summed E-state index contributed by atoms with van der Waals surface area (Å²) in [7, 11) is 0.